The van der Waals surface area contributed by atoms with Gasteiger partial charge in [-0.25, -0.2) is 0 Å². The first-order chi connectivity index (χ1) is 13.5. The van der Waals surface area contributed by atoms with E-state index in [0.717, 1.165) is 5.69 Å². The Morgan fingerprint density at radius 3 is 1.83 bits per heavy atom. The average Bonchev–Trinajstić information content (AvgIpc) is 2.87. The molecule has 2 N–H and O–H groups in total. The van der Waals surface area contributed by atoms with Crippen LogP contribution < -0.4 is 5.73 Å². The van der Waals surface area contributed by atoms with E-state index < -0.39 is 0 Å². The van der Waals surface area contributed by atoms with E-state index in [0.29, 0.717) is 0 Å². The molecule has 1 nitrogen and oxygen atoms in total. The number of hydrogen-bond donors (Lipinski definition) is 1. The topological polar surface area (TPSA) is 26.0 Å². The highest BCUT2D eigenvalue weighted by Crippen LogP contribution is 2.60. The lowest BCUT2D eigenvalue weighted by molar-refractivity contribution is 0.295. The third kappa shape index (κ3) is 2.11. The molecule has 0 fully saturated rings. The molecule has 0 atom stereocenters. The summed E-state index contributed by atoms with van der Waals surface area (Å²) in [4.78, 5) is 0. The van der Waals surface area contributed by atoms with Crippen LogP contribution in [0.1, 0.15) is 69.4 Å². The maximum Gasteiger partial charge on any atom is 0.0317 e. The summed E-state index contributed by atoms with van der Waals surface area (Å²) in [6.07, 6.45) is 0. The number of nitrogen functional groups attached to an aromatic ring is 1. The van der Waals surface area contributed by atoms with Crippen molar-refractivity contribution in [2.75, 3.05) is 5.73 Å². The zero-order valence-corrected chi connectivity index (χ0v) is 18.7. The number of rotatable bonds is 0. The molecule has 1 heteroatoms. The Labute approximate surface area is 175 Å². The molecule has 0 aromatic heterocycles. The normalized spacial score (nSPS) is 19.1. The van der Waals surface area contributed by atoms with Crippen molar-refractivity contribution in [3.8, 4) is 22.3 Å². The van der Waals surface area contributed by atoms with Crippen molar-refractivity contribution in [2.45, 2.75) is 64.7 Å². The van der Waals surface area contributed by atoms with Gasteiger partial charge in [-0.05, 0) is 74.4 Å². The molecule has 3 aromatic rings. The molecule has 0 aliphatic heterocycles. The van der Waals surface area contributed by atoms with E-state index in [2.05, 4.69) is 90.9 Å². The molecule has 0 amide bonds. The van der Waals surface area contributed by atoms with Crippen LogP contribution in [0.15, 0.2) is 48.5 Å². The number of aryl methyl sites for hydroxylation is 1. The summed E-state index contributed by atoms with van der Waals surface area (Å²) in [5.74, 6) is 0. The highest BCUT2D eigenvalue weighted by atomic mass is 14.6. The van der Waals surface area contributed by atoms with Crippen molar-refractivity contribution in [1.29, 1.82) is 0 Å². The zero-order valence-electron chi connectivity index (χ0n) is 18.7. The second kappa shape index (κ2) is 5.33. The van der Waals surface area contributed by atoms with Gasteiger partial charge in [0.2, 0.25) is 0 Å². The molecule has 0 bridgehead atoms. The number of benzene rings is 3. The summed E-state index contributed by atoms with van der Waals surface area (Å²) in [5.41, 5.74) is 19.7. The standard InChI is InChI=1S/C28H31N/c1-16-8-10-18-20-12-13-21-19-11-9-17(29)15-23(19)27(4,5)28(6,7)25(21)24(20)26(2,3)22(18)14-16/h8-15H,29H2,1-7H3. The predicted molar refractivity (Wildman–Crippen MR) is 125 cm³/mol. The van der Waals surface area contributed by atoms with E-state index in [1.165, 1.54) is 50.1 Å². The van der Waals surface area contributed by atoms with Crippen molar-refractivity contribution in [3.05, 3.63) is 76.3 Å². The van der Waals surface area contributed by atoms with Gasteiger partial charge in [0.25, 0.3) is 0 Å². The Kier molecular flexibility index (Phi) is 3.40. The minimum Gasteiger partial charge on any atom is -0.399 e. The lowest BCUT2D eigenvalue weighted by Crippen LogP contribution is -2.45. The molecule has 5 rings (SSSR count). The first-order valence-electron chi connectivity index (χ1n) is 10.7. The average molecular weight is 382 g/mol. The van der Waals surface area contributed by atoms with Gasteiger partial charge in [0.05, 0.1) is 0 Å². The summed E-state index contributed by atoms with van der Waals surface area (Å²) in [6, 6.07) is 18.1. The maximum atomic E-state index is 6.22. The molecule has 0 saturated carbocycles. The summed E-state index contributed by atoms with van der Waals surface area (Å²) >= 11 is 0. The Hall–Kier alpha value is -2.54. The van der Waals surface area contributed by atoms with Gasteiger partial charge in [0, 0.05) is 11.1 Å². The number of anilines is 1. The monoisotopic (exact) mass is 381 g/mol. The van der Waals surface area contributed by atoms with E-state index >= 15 is 0 Å². The molecule has 2 aliphatic rings. The molecule has 0 heterocycles. The van der Waals surface area contributed by atoms with Crippen molar-refractivity contribution in [3.63, 3.8) is 0 Å². The molecular formula is C28H31N. The van der Waals surface area contributed by atoms with Gasteiger partial charge in [0.15, 0.2) is 0 Å². The van der Waals surface area contributed by atoms with Crippen LogP contribution in [-0.2, 0) is 16.2 Å². The zero-order chi connectivity index (χ0) is 20.9. The quantitative estimate of drug-likeness (QED) is 0.412. The Morgan fingerprint density at radius 1 is 0.586 bits per heavy atom. The molecule has 29 heavy (non-hydrogen) atoms. The second-order valence-corrected chi connectivity index (χ2v) is 10.6. The largest absolute Gasteiger partial charge is 0.399 e. The number of fused-ring (bicyclic) bond motifs is 7. The summed E-state index contributed by atoms with van der Waals surface area (Å²) in [6.45, 7) is 16.6. The fourth-order valence-electron chi connectivity index (χ4n) is 5.86. The van der Waals surface area contributed by atoms with Crippen LogP contribution in [0.25, 0.3) is 22.3 Å². The highest BCUT2D eigenvalue weighted by molar-refractivity contribution is 5.89. The van der Waals surface area contributed by atoms with E-state index in [-0.39, 0.29) is 16.2 Å². The van der Waals surface area contributed by atoms with E-state index in [4.69, 9.17) is 5.73 Å². The fourth-order valence-corrected chi connectivity index (χ4v) is 5.86. The lowest BCUT2D eigenvalue weighted by Gasteiger charge is -2.50. The first-order valence-corrected chi connectivity index (χ1v) is 10.7. The van der Waals surface area contributed by atoms with Gasteiger partial charge >= 0.3 is 0 Å². The third-order valence-corrected chi connectivity index (χ3v) is 8.16. The van der Waals surface area contributed by atoms with E-state index in [1.54, 1.807) is 0 Å². The SMILES string of the molecule is Cc1ccc2c(c1)C(C)(C)c1c-2ccc2c1C(C)(C)C(C)(C)c1cc(N)ccc1-2. The first kappa shape index (κ1) is 18.5. The smallest absolute Gasteiger partial charge is 0.0317 e. The van der Waals surface area contributed by atoms with Gasteiger partial charge in [-0.3, -0.25) is 0 Å². The van der Waals surface area contributed by atoms with Crippen LogP contribution >= 0.6 is 0 Å². The van der Waals surface area contributed by atoms with Gasteiger partial charge in [-0.1, -0.05) is 83.5 Å². The van der Waals surface area contributed by atoms with Crippen molar-refractivity contribution < 1.29 is 0 Å². The Morgan fingerprint density at radius 2 is 1.14 bits per heavy atom. The minimum absolute atomic E-state index is 0.0132. The molecule has 0 spiro atoms. The molecule has 0 radical (unpaired) electrons. The van der Waals surface area contributed by atoms with E-state index in [1.807, 2.05) is 6.07 Å². The summed E-state index contributed by atoms with van der Waals surface area (Å²) in [5, 5.41) is 0. The summed E-state index contributed by atoms with van der Waals surface area (Å²) in [7, 11) is 0. The van der Waals surface area contributed by atoms with E-state index in [9.17, 15) is 0 Å². The Bertz CT molecular complexity index is 1190. The second-order valence-electron chi connectivity index (χ2n) is 10.6. The molecule has 0 saturated heterocycles. The van der Waals surface area contributed by atoms with Crippen LogP contribution in [-0.4, -0.2) is 0 Å². The van der Waals surface area contributed by atoms with Gasteiger partial charge < -0.3 is 5.73 Å². The van der Waals surface area contributed by atoms with Crippen LogP contribution in [0.4, 0.5) is 5.69 Å². The Balaban J connectivity index is 1.93. The third-order valence-electron chi connectivity index (χ3n) is 8.16. The predicted octanol–water partition coefficient (Wildman–Crippen LogP) is 7.12. The summed E-state index contributed by atoms with van der Waals surface area (Å²) < 4.78 is 0. The van der Waals surface area contributed by atoms with Gasteiger partial charge in [0.1, 0.15) is 0 Å². The molecule has 0 unspecified atom stereocenters. The molecule has 3 aromatic carbocycles. The van der Waals surface area contributed by atoms with Crippen molar-refractivity contribution in [2.24, 2.45) is 0 Å². The lowest BCUT2D eigenvalue weighted by atomic mass is 9.53. The van der Waals surface area contributed by atoms with Gasteiger partial charge in [-0.15, -0.1) is 0 Å². The van der Waals surface area contributed by atoms with Crippen molar-refractivity contribution in [1.82, 2.24) is 0 Å². The highest BCUT2D eigenvalue weighted by Gasteiger charge is 2.50. The fraction of sp³-hybridized carbons (Fsp3) is 0.357. The van der Waals surface area contributed by atoms with Crippen molar-refractivity contribution >= 4 is 5.69 Å². The molecular weight excluding hydrogens is 350 g/mol. The van der Waals surface area contributed by atoms with Crippen LogP contribution in [0.2, 0.25) is 0 Å². The molecule has 148 valence electrons. The maximum absolute atomic E-state index is 6.22. The number of nitrogens with two attached hydrogens (primary N) is 1. The van der Waals surface area contributed by atoms with Crippen LogP contribution in [0.3, 0.4) is 0 Å². The molecule has 2 aliphatic carbocycles. The van der Waals surface area contributed by atoms with Crippen LogP contribution in [0, 0.1) is 6.92 Å². The van der Waals surface area contributed by atoms with Crippen LogP contribution in [0.5, 0.6) is 0 Å². The number of hydrogen-bond acceptors (Lipinski definition) is 1. The van der Waals surface area contributed by atoms with Gasteiger partial charge in [-0.2, -0.15) is 0 Å². The minimum atomic E-state index is -0.0272.